The van der Waals surface area contributed by atoms with Crippen molar-refractivity contribution in [2.45, 2.75) is 30.8 Å². The Labute approximate surface area is 179 Å². The molecule has 1 saturated carbocycles. The Morgan fingerprint density at radius 2 is 1.84 bits per heavy atom. The molecule has 1 saturated heterocycles. The number of rotatable bonds is 6. The van der Waals surface area contributed by atoms with E-state index in [9.17, 15) is 14.3 Å². The molecule has 3 aromatic rings. The minimum atomic E-state index is -0.793. The van der Waals surface area contributed by atoms with Gasteiger partial charge in [0.15, 0.2) is 0 Å². The van der Waals surface area contributed by atoms with E-state index in [2.05, 4.69) is 15.3 Å². The van der Waals surface area contributed by atoms with Gasteiger partial charge >= 0.3 is 0 Å². The second-order valence-electron chi connectivity index (χ2n) is 8.13. The number of aliphatic hydroxyl groups excluding tert-OH is 1. The van der Waals surface area contributed by atoms with Crippen LogP contribution in [0, 0.1) is 5.82 Å². The Kier molecular flexibility index (Phi) is 5.00. The third kappa shape index (κ3) is 3.71. The summed E-state index contributed by atoms with van der Waals surface area (Å²) in [5, 5.41) is 12.6. The van der Waals surface area contributed by atoms with E-state index in [1.807, 2.05) is 24.3 Å². The van der Waals surface area contributed by atoms with Crippen molar-refractivity contribution >= 4 is 11.6 Å². The molecule has 0 unspecified atom stereocenters. The van der Waals surface area contributed by atoms with Crippen molar-refractivity contribution in [1.82, 2.24) is 9.97 Å². The highest BCUT2D eigenvalue weighted by atomic mass is 19.1. The number of anilines is 1. The van der Waals surface area contributed by atoms with Crippen LogP contribution in [0.3, 0.4) is 0 Å². The molecule has 5 rings (SSSR count). The predicted octanol–water partition coefficient (Wildman–Crippen LogP) is 3.56. The first-order chi connectivity index (χ1) is 15.1. The van der Waals surface area contributed by atoms with Crippen LogP contribution in [-0.2, 0) is 21.6 Å². The van der Waals surface area contributed by atoms with Crippen LogP contribution in [0.2, 0.25) is 0 Å². The van der Waals surface area contributed by atoms with Crippen molar-refractivity contribution in [3.63, 3.8) is 0 Å². The lowest BCUT2D eigenvalue weighted by molar-refractivity contribution is -0.139. The van der Waals surface area contributed by atoms with Gasteiger partial charge in [-0.3, -0.25) is 4.79 Å². The molecule has 0 spiro atoms. The van der Waals surface area contributed by atoms with Crippen molar-refractivity contribution in [2.24, 2.45) is 0 Å². The summed E-state index contributed by atoms with van der Waals surface area (Å²) in [6.07, 6.45) is 3.97. The molecule has 2 N–H and O–H groups in total. The molecule has 1 aliphatic heterocycles. The van der Waals surface area contributed by atoms with Gasteiger partial charge in [0.25, 0.3) is 0 Å². The van der Waals surface area contributed by atoms with E-state index in [0.717, 1.165) is 35.4 Å². The van der Waals surface area contributed by atoms with Gasteiger partial charge in [-0.25, -0.2) is 14.4 Å². The topological polar surface area (TPSA) is 84.3 Å². The fraction of sp³-hybridized carbons (Fsp3) is 0.292. The molecular formula is C24H22FN3O3. The van der Waals surface area contributed by atoms with Crippen LogP contribution in [0.15, 0.2) is 54.7 Å². The summed E-state index contributed by atoms with van der Waals surface area (Å²) in [4.78, 5) is 22.0. The van der Waals surface area contributed by atoms with Crippen molar-refractivity contribution in [1.29, 1.82) is 0 Å². The van der Waals surface area contributed by atoms with Crippen LogP contribution in [0.5, 0.6) is 0 Å². The highest BCUT2D eigenvalue weighted by Crippen LogP contribution is 2.39. The van der Waals surface area contributed by atoms with E-state index < -0.39 is 5.41 Å². The quantitative estimate of drug-likeness (QED) is 0.638. The Bertz CT molecular complexity index is 1110. The summed E-state index contributed by atoms with van der Waals surface area (Å²) in [7, 11) is 0. The maximum absolute atomic E-state index is 13.1. The molecular weight excluding hydrogens is 397 g/mol. The minimum absolute atomic E-state index is 0.156. The zero-order valence-electron chi connectivity index (χ0n) is 16.8. The van der Waals surface area contributed by atoms with Crippen molar-refractivity contribution < 1.29 is 19.0 Å². The number of aromatic nitrogens is 2. The monoisotopic (exact) mass is 419 g/mol. The van der Waals surface area contributed by atoms with E-state index in [1.165, 1.54) is 24.3 Å². The number of amides is 1. The molecule has 2 aromatic carbocycles. The van der Waals surface area contributed by atoms with Crippen LogP contribution in [0.25, 0.3) is 11.1 Å². The van der Waals surface area contributed by atoms with Gasteiger partial charge in [0.2, 0.25) is 5.91 Å². The summed E-state index contributed by atoms with van der Waals surface area (Å²) >= 11 is 0. The number of hydrogen-bond donors (Lipinski definition) is 2. The van der Waals surface area contributed by atoms with E-state index in [0.29, 0.717) is 17.3 Å². The Morgan fingerprint density at radius 3 is 2.42 bits per heavy atom. The Balaban J connectivity index is 1.39. The largest absolute Gasteiger partial charge is 0.390 e. The highest BCUT2D eigenvalue weighted by molar-refractivity contribution is 6.00. The molecule has 2 aliphatic rings. The first-order valence-corrected chi connectivity index (χ1v) is 10.3. The second kappa shape index (κ2) is 7.83. The lowest BCUT2D eigenvalue weighted by Crippen LogP contribution is -2.55. The van der Waals surface area contributed by atoms with E-state index in [4.69, 9.17) is 4.74 Å². The number of nitrogens with one attached hydrogen (secondary N) is 1. The number of aliphatic hydroxyl groups is 1. The smallest absolute Gasteiger partial charge is 0.239 e. The highest BCUT2D eigenvalue weighted by Gasteiger charge is 2.47. The molecule has 7 heteroatoms. The van der Waals surface area contributed by atoms with Gasteiger partial charge in [0, 0.05) is 23.4 Å². The van der Waals surface area contributed by atoms with Gasteiger partial charge in [-0.15, -0.1) is 0 Å². The van der Waals surface area contributed by atoms with E-state index >= 15 is 0 Å². The zero-order chi connectivity index (χ0) is 21.4. The van der Waals surface area contributed by atoms with Gasteiger partial charge in [-0.2, -0.15) is 0 Å². The first-order valence-electron chi connectivity index (χ1n) is 10.3. The fourth-order valence-corrected chi connectivity index (χ4v) is 3.82. The number of nitrogens with zero attached hydrogens (tertiary/aromatic N) is 2. The standard InChI is InChI=1S/C24H22FN3O3/c25-18-7-9-19(10-8-18)27-23(30)24(13-31-14-24)17-5-3-15(4-6-17)20-11-26-22(16-1-2-16)28-21(20)12-29/h3-11,16,29H,1-2,12-14H2,(H,27,30). The van der Waals surface area contributed by atoms with Crippen molar-refractivity contribution in [3.05, 3.63) is 77.6 Å². The first kappa shape index (κ1) is 19.8. The Morgan fingerprint density at radius 1 is 1.13 bits per heavy atom. The molecule has 6 nitrogen and oxygen atoms in total. The third-order valence-electron chi connectivity index (χ3n) is 5.96. The lowest BCUT2D eigenvalue weighted by Gasteiger charge is -2.40. The zero-order valence-corrected chi connectivity index (χ0v) is 16.8. The van der Waals surface area contributed by atoms with Gasteiger partial charge in [-0.1, -0.05) is 24.3 Å². The van der Waals surface area contributed by atoms with Gasteiger partial charge in [0.1, 0.15) is 17.1 Å². The normalized spacial score (nSPS) is 17.1. The molecule has 1 amide bonds. The molecule has 0 radical (unpaired) electrons. The summed E-state index contributed by atoms with van der Waals surface area (Å²) in [5.41, 5.74) is 2.86. The Hall–Kier alpha value is -3.16. The predicted molar refractivity (Wildman–Crippen MR) is 113 cm³/mol. The fourth-order valence-electron chi connectivity index (χ4n) is 3.82. The van der Waals surface area contributed by atoms with Gasteiger partial charge in [0.05, 0.1) is 25.5 Å². The second-order valence-corrected chi connectivity index (χ2v) is 8.13. The number of carbonyl (C=O) groups excluding carboxylic acids is 1. The van der Waals surface area contributed by atoms with Crippen molar-refractivity contribution in [2.75, 3.05) is 18.5 Å². The summed E-state index contributed by atoms with van der Waals surface area (Å²) < 4.78 is 18.5. The number of benzene rings is 2. The summed E-state index contributed by atoms with van der Waals surface area (Å²) in [6.45, 7) is 0.401. The van der Waals surface area contributed by atoms with E-state index in [-0.39, 0.29) is 31.5 Å². The molecule has 158 valence electrons. The molecule has 2 fully saturated rings. The van der Waals surface area contributed by atoms with Crippen LogP contribution in [-0.4, -0.2) is 34.2 Å². The van der Waals surface area contributed by atoms with Crippen molar-refractivity contribution in [3.8, 4) is 11.1 Å². The van der Waals surface area contributed by atoms with Crippen LogP contribution < -0.4 is 5.32 Å². The number of hydrogen-bond acceptors (Lipinski definition) is 5. The lowest BCUT2D eigenvalue weighted by atomic mass is 9.77. The maximum Gasteiger partial charge on any atom is 0.239 e. The molecule has 2 heterocycles. The third-order valence-corrected chi connectivity index (χ3v) is 5.96. The average molecular weight is 419 g/mol. The van der Waals surface area contributed by atoms with Gasteiger partial charge < -0.3 is 15.2 Å². The molecule has 0 bridgehead atoms. The summed E-state index contributed by atoms with van der Waals surface area (Å²) in [5.74, 6) is 0.672. The average Bonchev–Trinajstić information content (AvgIpc) is 3.60. The maximum atomic E-state index is 13.1. The molecule has 31 heavy (non-hydrogen) atoms. The molecule has 1 aliphatic carbocycles. The SMILES string of the molecule is O=C(Nc1ccc(F)cc1)C1(c2ccc(-c3cnc(C4CC4)nc3CO)cc2)COC1. The number of carbonyl (C=O) groups is 1. The summed E-state index contributed by atoms with van der Waals surface area (Å²) in [6, 6.07) is 13.3. The number of halogens is 1. The van der Waals surface area contributed by atoms with Crippen LogP contribution in [0.1, 0.15) is 35.8 Å². The van der Waals surface area contributed by atoms with Crippen LogP contribution >= 0.6 is 0 Å². The van der Waals surface area contributed by atoms with E-state index in [1.54, 1.807) is 6.20 Å². The molecule has 0 atom stereocenters. The minimum Gasteiger partial charge on any atom is -0.390 e. The van der Waals surface area contributed by atoms with Gasteiger partial charge in [-0.05, 0) is 48.2 Å². The molecule has 1 aromatic heterocycles. The van der Waals surface area contributed by atoms with Crippen LogP contribution in [0.4, 0.5) is 10.1 Å². The number of ether oxygens (including phenoxy) is 1.